The Bertz CT molecular complexity index is 221. The summed E-state index contributed by atoms with van der Waals surface area (Å²) in [6.45, 7) is 0. The first-order valence-electron chi connectivity index (χ1n) is 4.77. The van der Waals surface area contributed by atoms with Crippen molar-refractivity contribution in [3.8, 4) is 0 Å². The molecule has 0 aliphatic heterocycles. The number of halogens is 2. The summed E-state index contributed by atoms with van der Waals surface area (Å²) in [6.07, 6.45) is 0.991. The quantitative estimate of drug-likeness (QED) is 0.739. The van der Waals surface area contributed by atoms with Gasteiger partial charge in [0.05, 0.1) is 0 Å². The molecule has 0 aromatic heterocycles. The summed E-state index contributed by atoms with van der Waals surface area (Å²) in [4.78, 5) is 10.4. The molecule has 0 amide bonds. The molecule has 3 N–H and O–H groups in total. The minimum Gasteiger partial charge on any atom is -0.480 e. The molecule has 2 atom stereocenters. The molecule has 1 rings (SSSR count). The van der Waals surface area contributed by atoms with Crippen molar-refractivity contribution in [2.45, 2.75) is 44.1 Å². The Morgan fingerprint density at radius 3 is 2.79 bits per heavy atom. The number of nitrogens with two attached hydrogens (primary N) is 1. The van der Waals surface area contributed by atoms with E-state index in [4.69, 9.17) is 10.8 Å². The van der Waals surface area contributed by atoms with Crippen molar-refractivity contribution < 1.29 is 18.7 Å². The average molecular weight is 207 g/mol. The molecule has 0 aromatic rings. The van der Waals surface area contributed by atoms with E-state index in [-0.39, 0.29) is 25.2 Å². The summed E-state index contributed by atoms with van der Waals surface area (Å²) in [5, 5.41) is 8.53. The van der Waals surface area contributed by atoms with E-state index in [0.717, 1.165) is 0 Å². The first-order chi connectivity index (χ1) is 6.41. The highest BCUT2D eigenvalue weighted by molar-refractivity contribution is 5.73. The standard InChI is InChI=1S/C9H15F2NO2/c10-9(11)3-1-2-6(5-9)4-7(12)8(13)14/h6-7H,1-5,12H2,(H,13,14)/t6?,7-/m0/s1. The maximum atomic E-state index is 12.9. The van der Waals surface area contributed by atoms with E-state index in [1.54, 1.807) is 0 Å². The molecule has 1 fully saturated rings. The van der Waals surface area contributed by atoms with Crippen LogP contribution in [0.5, 0.6) is 0 Å². The number of carboxylic acids is 1. The molecule has 1 saturated carbocycles. The monoisotopic (exact) mass is 207 g/mol. The van der Waals surface area contributed by atoms with Crippen LogP contribution in [0.2, 0.25) is 0 Å². The van der Waals surface area contributed by atoms with Gasteiger partial charge in [-0.3, -0.25) is 4.79 Å². The lowest BCUT2D eigenvalue weighted by Gasteiger charge is -2.29. The van der Waals surface area contributed by atoms with Gasteiger partial charge in [0, 0.05) is 12.8 Å². The molecule has 0 heterocycles. The molecular weight excluding hydrogens is 192 g/mol. The molecule has 0 bridgehead atoms. The van der Waals surface area contributed by atoms with Crippen molar-refractivity contribution in [1.29, 1.82) is 0 Å². The van der Waals surface area contributed by atoms with E-state index in [2.05, 4.69) is 0 Å². The van der Waals surface area contributed by atoms with Gasteiger partial charge in [-0.2, -0.15) is 0 Å². The van der Waals surface area contributed by atoms with Crippen LogP contribution in [0, 0.1) is 5.92 Å². The lowest BCUT2D eigenvalue weighted by Crippen LogP contribution is -2.35. The minimum atomic E-state index is -2.62. The van der Waals surface area contributed by atoms with Crippen LogP contribution in [0.1, 0.15) is 32.1 Å². The van der Waals surface area contributed by atoms with Crippen molar-refractivity contribution >= 4 is 5.97 Å². The Hall–Kier alpha value is -0.710. The first-order valence-corrected chi connectivity index (χ1v) is 4.77. The summed E-state index contributed by atoms with van der Waals surface area (Å²) >= 11 is 0. The van der Waals surface area contributed by atoms with Crippen LogP contribution in [0.25, 0.3) is 0 Å². The van der Waals surface area contributed by atoms with Crippen LogP contribution in [0.15, 0.2) is 0 Å². The fourth-order valence-electron chi connectivity index (χ4n) is 1.94. The number of carboxylic acid groups (broad SMARTS) is 1. The number of aliphatic carboxylic acids is 1. The molecule has 0 spiro atoms. The number of alkyl halides is 2. The topological polar surface area (TPSA) is 63.3 Å². The van der Waals surface area contributed by atoms with E-state index in [1.807, 2.05) is 0 Å². The third kappa shape index (κ3) is 3.21. The van der Waals surface area contributed by atoms with Gasteiger partial charge in [-0.25, -0.2) is 8.78 Å². The molecule has 1 aliphatic rings. The molecule has 0 saturated heterocycles. The molecular formula is C9H15F2NO2. The zero-order chi connectivity index (χ0) is 10.8. The summed E-state index contributed by atoms with van der Waals surface area (Å²) in [5.74, 6) is -3.98. The predicted molar refractivity (Wildman–Crippen MR) is 47.1 cm³/mol. The molecule has 1 unspecified atom stereocenters. The minimum absolute atomic E-state index is 0.0776. The fourth-order valence-corrected chi connectivity index (χ4v) is 1.94. The number of rotatable bonds is 3. The SMILES string of the molecule is N[C@@H](CC1CCCC(F)(F)C1)C(=O)O. The highest BCUT2D eigenvalue weighted by Gasteiger charge is 2.37. The van der Waals surface area contributed by atoms with Gasteiger partial charge >= 0.3 is 5.97 Å². The zero-order valence-corrected chi connectivity index (χ0v) is 7.88. The smallest absolute Gasteiger partial charge is 0.320 e. The number of carbonyl (C=O) groups is 1. The van der Waals surface area contributed by atoms with Gasteiger partial charge in [-0.1, -0.05) is 0 Å². The normalized spacial score (nSPS) is 28.4. The van der Waals surface area contributed by atoms with Crippen molar-refractivity contribution in [3.63, 3.8) is 0 Å². The average Bonchev–Trinajstić information content (AvgIpc) is 2.01. The number of hydrogen-bond donors (Lipinski definition) is 2. The summed E-state index contributed by atoms with van der Waals surface area (Å²) in [6, 6.07) is -1.01. The lowest BCUT2D eigenvalue weighted by molar-refractivity contribution is -0.139. The third-order valence-corrected chi connectivity index (χ3v) is 2.65. The molecule has 3 nitrogen and oxygen atoms in total. The van der Waals surface area contributed by atoms with Crippen molar-refractivity contribution in [2.75, 3.05) is 0 Å². The van der Waals surface area contributed by atoms with E-state index in [1.165, 1.54) is 0 Å². The second-order valence-electron chi connectivity index (χ2n) is 4.00. The van der Waals surface area contributed by atoms with Gasteiger partial charge < -0.3 is 10.8 Å². The Labute approximate surface area is 81.3 Å². The van der Waals surface area contributed by atoms with Crippen LogP contribution in [0.3, 0.4) is 0 Å². The van der Waals surface area contributed by atoms with E-state index in [0.29, 0.717) is 12.8 Å². The van der Waals surface area contributed by atoms with E-state index >= 15 is 0 Å². The van der Waals surface area contributed by atoms with Crippen LogP contribution < -0.4 is 5.73 Å². The molecule has 14 heavy (non-hydrogen) atoms. The largest absolute Gasteiger partial charge is 0.480 e. The van der Waals surface area contributed by atoms with Gasteiger partial charge in [0.2, 0.25) is 5.92 Å². The Kier molecular flexibility index (Phi) is 3.42. The van der Waals surface area contributed by atoms with Crippen LogP contribution in [-0.4, -0.2) is 23.0 Å². The molecule has 0 aromatic carbocycles. The molecule has 5 heteroatoms. The van der Waals surface area contributed by atoms with Gasteiger partial charge in [0.1, 0.15) is 6.04 Å². The summed E-state index contributed by atoms with van der Waals surface area (Å²) in [7, 11) is 0. The summed E-state index contributed by atoms with van der Waals surface area (Å²) in [5.41, 5.74) is 5.29. The van der Waals surface area contributed by atoms with Gasteiger partial charge in [-0.15, -0.1) is 0 Å². The Morgan fingerprint density at radius 1 is 1.64 bits per heavy atom. The highest BCUT2D eigenvalue weighted by Crippen LogP contribution is 2.38. The molecule has 82 valence electrons. The van der Waals surface area contributed by atoms with Crippen molar-refractivity contribution in [2.24, 2.45) is 11.7 Å². The maximum absolute atomic E-state index is 12.9. The van der Waals surface area contributed by atoms with Crippen molar-refractivity contribution in [3.05, 3.63) is 0 Å². The predicted octanol–water partition coefficient (Wildman–Crippen LogP) is 1.61. The molecule has 0 radical (unpaired) electrons. The zero-order valence-electron chi connectivity index (χ0n) is 7.88. The van der Waals surface area contributed by atoms with Crippen molar-refractivity contribution in [1.82, 2.24) is 0 Å². The van der Waals surface area contributed by atoms with Crippen LogP contribution >= 0.6 is 0 Å². The Morgan fingerprint density at radius 2 is 2.29 bits per heavy atom. The van der Waals surface area contributed by atoms with Gasteiger partial charge in [-0.05, 0) is 25.2 Å². The lowest BCUT2D eigenvalue weighted by atomic mass is 9.83. The van der Waals surface area contributed by atoms with Crippen LogP contribution in [0.4, 0.5) is 8.78 Å². The third-order valence-electron chi connectivity index (χ3n) is 2.65. The number of hydrogen-bond acceptors (Lipinski definition) is 2. The van der Waals surface area contributed by atoms with E-state index < -0.39 is 17.9 Å². The summed E-state index contributed by atoms with van der Waals surface area (Å²) < 4.78 is 25.8. The maximum Gasteiger partial charge on any atom is 0.320 e. The highest BCUT2D eigenvalue weighted by atomic mass is 19.3. The van der Waals surface area contributed by atoms with Crippen LogP contribution in [-0.2, 0) is 4.79 Å². The van der Waals surface area contributed by atoms with E-state index in [9.17, 15) is 13.6 Å². The van der Waals surface area contributed by atoms with Gasteiger partial charge in [0.15, 0.2) is 0 Å². The second kappa shape index (κ2) is 4.21. The van der Waals surface area contributed by atoms with Gasteiger partial charge in [0.25, 0.3) is 0 Å². The second-order valence-corrected chi connectivity index (χ2v) is 4.00. The fraction of sp³-hybridized carbons (Fsp3) is 0.889. The first kappa shape index (κ1) is 11.4. The Balaban J connectivity index is 2.42. The molecule has 1 aliphatic carbocycles.